The summed E-state index contributed by atoms with van der Waals surface area (Å²) in [4.78, 5) is 0. The third-order valence-corrected chi connectivity index (χ3v) is 6.10. The summed E-state index contributed by atoms with van der Waals surface area (Å²) in [6, 6.07) is 0. The number of halogens is 1. The van der Waals surface area contributed by atoms with Crippen molar-refractivity contribution in [3.63, 3.8) is 0 Å². The Morgan fingerprint density at radius 2 is 1.75 bits per heavy atom. The fourth-order valence-corrected chi connectivity index (χ4v) is 4.67. The summed E-state index contributed by atoms with van der Waals surface area (Å²) in [5.74, 6) is 0.889. The highest BCUT2D eigenvalue weighted by atomic mass is 79.9. The highest BCUT2D eigenvalue weighted by Crippen LogP contribution is 2.24. The van der Waals surface area contributed by atoms with Gasteiger partial charge in [0, 0.05) is 18.4 Å². The lowest BCUT2D eigenvalue weighted by molar-refractivity contribution is 0.287. The molecule has 0 atom stereocenters. The monoisotopic (exact) mass is 311 g/mol. The molecule has 0 unspecified atom stereocenters. The number of rotatable bonds is 3. The van der Waals surface area contributed by atoms with E-state index in [1.54, 1.807) is 4.31 Å². The molecule has 1 rings (SSSR count). The molecule has 16 heavy (non-hydrogen) atoms. The van der Waals surface area contributed by atoms with Gasteiger partial charge < -0.3 is 0 Å². The minimum absolute atomic E-state index is 0.162. The van der Waals surface area contributed by atoms with Crippen LogP contribution in [0.5, 0.6) is 0 Å². The van der Waals surface area contributed by atoms with Gasteiger partial charge in [0.15, 0.2) is 0 Å². The average molecular weight is 312 g/mol. The molecule has 1 fully saturated rings. The van der Waals surface area contributed by atoms with Gasteiger partial charge in [-0.05, 0) is 24.2 Å². The summed E-state index contributed by atoms with van der Waals surface area (Å²) in [7, 11) is -3.05. The van der Waals surface area contributed by atoms with Gasteiger partial charge in [-0.15, -0.1) is 0 Å². The van der Waals surface area contributed by atoms with Gasteiger partial charge in [-0.3, -0.25) is 0 Å². The van der Waals surface area contributed by atoms with Gasteiger partial charge in [0.05, 0.1) is 5.75 Å². The second-order valence-corrected chi connectivity index (χ2v) is 8.43. The van der Waals surface area contributed by atoms with E-state index >= 15 is 0 Å². The topological polar surface area (TPSA) is 37.4 Å². The lowest BCUT2D eigenvalue weighted by atomic mass is 10.0. The Kier molecular flexibility index (Phi) is 4.84. The Bertz CT molecular complexity index is 313. The largest absolute Gasteiger partial charge is 0.214 e. The van der Waals surface area contributed by atoms with Crippen LogP contribution in [0.25, 0.3) is 0 Å². The van der Waals surface area contributed by atoms with Crippen LogP contribution in [0.4, 0.5) is 0 Å². The Balaban J connectivity index is 2.59. The van der Waals surface area contributed by atoms with Crippen LogP contribution in [0.3, 0.4) is 0 Å². The molecule has 0 saturated carbocycles. The van der Waals surface area contributed by atoms with Gasteiger partial charge in [0.2, 0.25) is 10.0 Å². The highest BCUT2D eigenvalue weighted by molar-refractivity contribution is 9.09. The molecule has 5 heteroatoms. The van der Waals surface area contributed by atoms with Gasteiger partial charge in [0.1, 0.15) is 0 Å². The molecule has 0 aromatic rings. The Morgan fingerprint density at radius 1 is 1.25 bits per heavy atom. The second kappa shape index (κ2) is 5.36. The smallest absolute Gasteiger partial charge is 0.212 e. The van der Waals surface area contributed by atoms with Gasteiger partial charge in [0.25, 0.3) is 0 Å². The van der Waals surface area contributed by atoms with Crippen LogP contribution in [-0.4, -0.2) is 36.9 Å². The number of hydrogen-bond acceptors (Lipinski definition) is 2. The number of piperidine rings is 1. The summed E-state index contributed by atoms with van der Waals surface area (Å²) < 4.78 is 25.9. The van der Waals surface area contributed by atoms with E-state index in [1.165, 1.54) is 0 Å². The van der Waals surface area contributed by atoms with Crippen molar-refractivity contribution in [3.8, 4) is 0 Å². The molecule has 1 aliphatic rings. The molecule has 0 radical (unpaired) electrons. The number of nitrogens with zero attached hydrogens (tertiary/aromatic N) is 1. The van der Waals surface area contributed by atoms with Crippen LogP contribution in [0.2, 0.25) is 0 Å². The quantitative estimate of drug-likeness (QED) is 0.751. The van der Waals surface area contributed by atoms with Crippen molar-refractivity contribution in [1.29, 1.82) is 0 Å². The maximum Gasteiger partial charge on any atom is 0.214 e. The minimum Gasteiger partial charge on any atom is -0.212 e. The molecule has 3 nitrogen and oxygen atoms in total. The van der Waals surface area contributed by atoms with Crippen molar-refractivity contribution < 1.29 is 8.42 Å². The molecule has 1 aliphatic heterocycles. The van der Waals surface area contributed by atoms with E-state index in [0.717, 1.165) is 18.2 Å². The van der Waals surface area contributed by atoms with Crippen molar-refractivity contribution in [3.05, 3.63) is 0 Å². The lowest BCUT2D eigenvalue weighted by Gasteiger charge is -2.32. The molecule has 0 bridgehead atoms. The van der Waals surface area contributed by atoms with E-state index < -0.39 is 10.0 Å². The van der Waals surface area contributed by atoms with E-state index in [0.29, 0.717) is 19.0 Å². The normalized spacial score (nSPS) is 21.2. The zero-order valence-corrected chi connectivity index (χ0v) is 12.8. The molecular formula is C11H22BrNO2S. The third-order valence-electron chi connectivity index (χ3n) is 2.80. The Hall–Kier alpha value is 0.390. The van der Waals surface area contributed by atoms with E-state index in [1.807, 2.05) is 20.8 Å². The number of hydrogen-bond donors (Lipinski definition) is 0. The number of alkyl halides is 1. The van der Waals surface area contributed by atoms with Crippen LogP contribution >= 0.6 is 15.9 Å². The van der Waals surface area contributed by atoms with Crippen LogP contribution in [0, 0.1) is 11.3 Å². The summed E-state index contributed by atoms with van der Waals surface area (Å²) in [5.41, 5.74) is -0.162. The van der Waals surface area contributed by atoms with Crippen molar-refractivity contribution in [2.75, 3.05) is 24.2 Å². The first-order valence-corrected chi connectivity index (χ1v) is 8.51. The molecule has 0 N–H and O–H groups in total. The summed E-state index contributed by atoms with van der Waals surface area (Å²) in [5, 5.41) is 0.986. The first-order valence-electron chi connectivity index (χ1n) is 5.78. The van der Waals surface area contributed by atoms with E-state index in [-0.39, 0.29) is 11.2 Å². The summed E-state index contributed by atoms with van der Waals surface area (Å²) in [6.07, 6.45) is 1.96. The first kappa shape index (κ1) is 14.5. The SMILES string of the molecule is CC(C)(C)CS(=O)(=O)N1CCC(CBr)CC1. The van der Waals surface area contributed by atoms with Crippen LogP contribution in [0.15, 0.2) is 0 Å². The van der Waals surface area contributed by atoms with Crippen molar-refractivity contribution in [1.82, 2.24) is 4.31 Å². The fourth-order valence-electron chi connectivity index (χ4n) is 1.98. The van der Waals surface area contributed by atoms with Crippen LogP contribution < -0.4 is 0 Å². The van der Waals surface area contributed by atoms with Crippen molar-refractivity contribution in [2.45, 2.75) is 33.6 Å². The third kappa shape index (κ3) is 4.34. The van der Waals surface area contributed by atoms with Crippen LogP contribution in [-0.2, 0) is 10.0 Å². The van der Waals surface area contributed by atoms with Crippen molar-refractivity contribution >= 4 is 26.0 Å². The Labute approximate surface area is 108 Å². The van der Waals surface area contributed by atoms with E-state index in [2.05, 4.69) is 15.9 Å². The molecule has 0 aromatic heterocycles. The fraction of sp³-hybridized carbons (Fsp3) is 1.00. The van der Waals surface area contributed by atoms with E-state index in [4.69, 9.17) is 0 Å². The van der Waals surface area contributed by atoms with Gasteiger partial charge in [-0.2, -0.15) is 0 Å². The zero-order chi connectivity index (χ0) is 12.4. The standard InChI is InChI=1S/C11H22BrNO2S/c1-11(2,3)9-16(14,15)13-6-4-10(8-12)5-7-13/h10H,4-9H2,1-3H3. The molecule has 0 spiro atoms. The molecular weight excluding hydrogens is 290 g/mol. The lowest BCUT2D eigenvalue weighted by Crippen LogP contribution is -2.42. The van der Waals surface area contributed by atoms with Gasteiger partial charge in [-0.1, -0.05) is 36.7 Å². The highest BCUT2D eigenvalue weighted by Gasteiger charge is 2.30. The zero-order valence-electron chi connectivity index (χ0n) is 10.4. The number of sulfonamides is 1. The molecule has 0 aromatic carbocycles. The van der Waals surface area contributed by atoms with Gasteiger partial charge >= 0.3 is 0 Å². The minimum atomic E-state index is -3.05. The van der Waals surface area contributed by atoms with Crippen LogP contribution in [0.1, 0.15) is 33.6 Å². The molecule has 1 heterocycles. The van der Waals surface area contributed by atoms with Crippen molar-refractivity contribution in [2.24, 2.45) is 11.3 Å². The summed E-state index contributed by atoms with van der Waals surface area (Å²) >= 11 is 3.46. The second-order valence-electron chi connectivity index (χ2n) is 5.81. The molecule has 1 saturated heterocycles. The molecule has 0 amide bonds. The van der Waals surface area contributed by atoms with Gasteiger partial charge in [-0.25, -0.2) is 12.7 Å². The Morgan fingerprint density at radius 3 is 2.12 bits per heavy atom. The maximum absolute atomic E-state index is 12.1. The molecule has 96 valence electrons. The predicted octanol–water partition coefficient (Wildman–Crippen LogP) is 2.47. The first-order chi connectivity index (χ1) is 7.24. The molecule has 0 aliphatic carbocycles. The maximum atomic E-state index is 12.1. The predicted molar refractivity (Wildman–Crippen MR) is 71.3 cm³/mol. The van der Waals surface area contributed by atoms with E-state index in [9.17, 15) is 8.42 Å². The average Bonchev–Trinajstić information content (AvgIpc) is 2.14. The summed E-state index contributed by atoms with van der Waals surface area (Å²) in [6.45, 7) is 7.28.